The third-order valence-corrected chi connectivity index (χ3v) is 4.77. The Morgan fingerprint density at radius 2 is 1.83 bits per heavy atom. The van der Waals surface area contributed by atoms with Gasteiger partial charge in [0.05, 0.1) is 0 Å². The van der Waals surface area contributed by atoms with Gasteiger partial charge in [0.15, 0.2) is 0 Å². The van der Waals surface area contributed by atoms with Crippen LogP contribution in [0.5, 0.6) is 0 Å². The van der Waals surface area contributed by atoms with E-state index in [4.69, 9.17) is 0 Å². The maximum absolute atomic E-state index is 3.49. The maximum atomic E-state index is 3.49. The lowest BCUT2D eigenvalue weighted by molar-refractivity contribution is 0.130. The summed E-state index contributed by atoms with van der Waals surface area (Å²) in [6.07, 6.45) is 11.3. The second-order valence-electron chi connectivity index (χ2n) is 6.33. The summed E-state index contributed by atoms with van der Waals surface area (Å²) in [5.74, 6) is 0.961. The van der Waals surface area contributed by atoms with Crippen LogP contribution in [0.2, 0.25) is 0 Å². The monoisotopic (exact) mass is 252 g/mol. The van der Waals surface area contributed by atoms with Crippen LogP contribution in [0.25, 0.3) is 0 Å². The molecule has 1 unspecified atom stereocenters. The number of hydrogen-bond acceptors (Lipinski definition) is 2. The van der Waals surface area contributed by atoms with E-state index in [1.807, 2.05) is 0 Å². The number of nitrogens with one attached hydrogen (secondary N) is 1. The van der Waals surface area contributed by atoms with Gasteiger partial charge in [-0.2, -0.15) is 0 Å². The van der Waals surface area contributed by atoms with Crippen LogP contribution in [0, 0.1) is 5.92 Å². The Balaban J connectivity index is 1.84. The summed E-state index contributed by atoms with van der Waals surface area (Å²) < 4.78 is 0. The van der Waals surface area contributed by atoms with Gasteiger partial charge in [-0.05, 0) is 57.5 Å². The highest BCUT2D eigenvalue weighted by Crippen LogP contribution is 2.32. The van der Waals surface area contributed by atoms with Crippen LogP contribution in [-0.2, 0) is 0 Å². The lowest BCUT2D eigenvalue weighted by Gasteiger charge is -2.36. The van der Waals surface area contributed by atoms with Crippen LogP contribution >= 0.6 is 0 Å². The molecule has 1 N–H and O–H groups in total. The minimum absolute atomic E-state index is 0.868. The van der Waals surface area contributed by atoms with E-state index in [9.17, 15) is 0 Å². The molecule has 1 heterocycles. The lowest BCUT2D eigenvalue weighted by atomic mass is 9.95. The molecule has 0 amide bonds. The summed E-state index contributed by atoms with van der Waals surface area (Å²) in [6, 6.07) is 1.81. The fraction of sp³-hybridized carbons (Fsp3) is 1.00. The minimum atomic E-state index is 0.868. The van der Waals surface area contributed by atoms with Crippen molar-refractivity contribution in [3.63, 3.8) is 0 Å². The maximum Gasteiger partial charge on any atom is 0.00994 e. The van der Waals surface area contributed by atoms with Gasteiger partial charge in [-0.3, -0.25) is 4.90 Å². The summed E-state index contributed by atoms with van der Waals surface area (Å²) in [6.45, 7) is 8.58. The van der Waals surface area contributed by atoms with Gasteiger partial charge in [0, 0.05) is 18.6 Å². The van der Waals surface area contributed by atoms with Gasteiger partial charge in [0.2, 0.25) is 0 Å². The molecular formula is C16H32N2. The smallest absolute Gasteiger partial charge is 0.00994 e. The summed E-state index contributed by atoms with van der Waals surface area (Å²) in [7, 11) is 0. The number of rotatable bonds is 8. The van der Waals surface area contributed by atoms with Gasteiger partial charge in [0.1, 0.15) is 0 Å². The van der Waals surface area contributed by atoms with Gasteiger partial charge in [0.25, 0.3) is 0 Å². The Bertz CT molecular complexity index is 219. The highest BCUT2D eigenvalue weighted by atomic mass is 15.2. The Hall–Kier alpha value is -0.0800. The number of piperidine rings is 1. The largest absolute Gasteiger partial charge is 0.317 e. The van der Waals surface area contributed by atoms with Crippen molar-refractivity contribution in [2.75, 3.05) is 19.6 Å². The van der Waals surface area contributed by atoms with Crippen molar-refractivity contribution in [3.8, 4) is 0 Å². The van der Waals surface area contributed by atoms with E-state index in [1.54, 1.807) is 0 Å². The third kappa shape index (κ3) is 4.24. The van der Waals surface area contributed by atoms with Crippen molar-refractivity contribution in [1.29, 1.82) is 0 Å². The molecule has 0 aromatic carbocycles. The number of unbranched alkanes of at least 4 members (excludes halogenated alkanes) is 1. The first-order valence-electron chi connectivity index (χ1n) is 8.31. The first-order valence-corrected chi connectivity index (χ1v) is 8.31. The molecule has 1 saturated carbocycles. The minimum Gasteiger partial charge on any atom is -0.317 e. The van der Waals surface area contributed by atoms with Crippen LogP contribution in [-0.4, -0.2) is 36.6 Å². The first-order chi connectivity index (χ1) is 8.85. The molecule has 2 heteroatoms. The first kappa shape index (κ1) is 14.3. The zero-order valence-electron chi connectivity index (χ0n) is 12.5. The molecule has 1 aliphatic heterocycles. The Morgan fingerprint density at radius 3 is 2.39 bits per heavy atom. The molecule has 0 spiro atoms. The standard InChI is InChI=1S/C16H32N2/c1-3-5-6-15(4-2)18(16-7-8-16)13-14-9-11-17-12-10-14/h14-17H,3-13H2,1-2H3. The quantitative estimate of drug-likeness (QED) is 0.712. The van der Waals surface area contributed by atoms with E-state index in [0.29, 0.717) is 0 Å². The number of hydrogen-bond donors (Lipinski definition) is 1. The average molecular weight is 252 g/mol. The Morgan fingerprint density at radius 1 is 1.11 bits per heavy atom. The van der Waals surface area contributed by atoms with Crippen LogP contribution in [0.15, 0.2) is 0 Å². The number of nitrogens with zero attached hydrogens (tertiary/aromatic N) is 1. The SMILES string of the molecule is CCCCC(CC)N(CC1CCNCC1)C1CC1. The van der Waals surface area contributed by atoms with Crippen molar-refractivity contribution in [2.24, 2.45) is 5.92 Å². The summed E-state index contributed by atoms with van der Waals surface area (Å²) in [4.78, 5) is 2.89. The van der Waals surface area contributed by atoms with E-state index in [0.717, 1.165) is 18.0 Å². The second kappa shape index (κ2) is 7.49. The molecule has 2 fully saturated rings. The molecule has 2 rings (SSSR count). The molecule has 1 aliphatic carbocycles. The lowest BCUT2D eigenvalue weighted by Crippen LogP contribution is -2.42. The summed E-state index contributed by atoms with van der Waals surface area (Å²) in [5, 5.41) is 3.49. The molecule has 1 atom stereocenters. The zero-order chi connectivity index (χ0) is 12.8. The third-order valence-electron chi connectivity index (χ3n) is 4.77. The molecule has 0 aromatic rings. The van der Waals surface area contributed by atoms with Crippen LogP contribution in [0.1, 0.15) is 65.2 Å². The van der Waals surface area contributed by atoms with Crippen molar-refractivity contribution >= 4 is 0 Å². The second-order valence-corrected chi connectivity index (χ2v) is 6.33. The normalized spacial score (nSPS) is 23.5. The van der Waals surface area contributed by atoms with E-state index < -0.39 is 0 Å². The summed E-state index contributed by atoms with van der Waals surface area (Å²) >= 11 is 0. The average Bonchev–Trinajstić information content (AvgIpc) is 3.23. The molecule has 0 bridgehead atoms. The fourth-order valence-corrected chi connectivity index (χ4v) is 3.41. The van der Waals surface area contributed by atoms with Gasteiger partial charge in [-0.1, -0.05) is 26.7 Å². The topological polar surface area (TPSA) is 15.3 Å². The molecule has 18 heavy (non-hydrogen) atoms. The van der Waals surface area contributed by atoms with Gasteiger partial charge in [-0.15, -0.1) is 0 Å². The van der Waals surface area contributed by atoms with E-state index in [2.05, 4.69) is 24.1 Å². The molecule has 2 aliphatic rings. The van der Waals surface area contributed by atoms with Gasteiger partial charge >= 0.3 is 0 Å². The fourth-order valence-electron chi connectivity index (χ4n) is 3.41. The predicted molar refractivity (Wildman–Crippen MR) is 78.9 cm³/mol. The predicted octanol–water partition coefficient (Wildman–Crippen LogP) is 3.42. The van der Waals surface area contributed by atoms with E-state index in [-0.39, 0.29) is 0 Å². The molecule has 106 valence electrons. The highest BCUT2D eigenvalue weighted by Gasteiger charge is 2.34. The Labute approximate surface area is 114 Å². The van der Waals surface area contributed by atoms with Gasteiger partial charge < -0.3 is 5.32 Å². The van der Waals surface area contributed by atoms with Crippen molar-refractivity contribution in [1.82, 2.24) is 10.2 Å². The van der Waals surface area contributed by atoms with Crippen LogP contribution in [0.3, 0.4) is 0 Å². The Kier molecular flexibility index (Phi) is 5.97. The van der Waals surface area contributed by atoms with E-state index >= 15 is 0 Å². The van der Waals surface area contributed by atoms with Crippen molar-refractivity contribution < 1.29 is 0 Å². The summed E-state index contributed by atoms with van der Waals surface area (Å²) in [5.41, 5.74) is 0. The van der Waals surface area contributed by atoms with Crippen LogP contribution in [0.4, 0.5) is 0 Å². The molecule has 0 aromatic heterocycles. The molecule has 1 saturated heterocycles. The molecule has 0 radical (unpaired) electrons. The molecule has 2 nitrogen and oxygen atoms in total. The highest BCUT2D eigenvalue weighted by molar-refractivity contribution is 4.90. The molecular weight excluding hydrogens is 220 g/mol. The van der Waals surface area contributed by atoms with E-state index in [1.165, 1.54) is 71.0 Å². The zero-order valence-corrected chi connectivity index (χ0v) is 12.5. The van der Waals surface area contributed by atoms with Crippen molar-refractivity contribution in [2.45, 2.75) is 77.3 Å². The van der Waals surface area contributed by atoms with Crippen LogP contribution < -0.4 is 5.32 Å². The van der Waals surface area contributed by atoms with Gasteiger partial charge in [-0.25, -0.2) is 0 Å². The van der Waals surface area contributed by atoms with Crippen molar-refractivity contribution in [3.05, 3.63) is 0 Å².